The maximum atomic E-state index is 5.93. The summed E-state index contributed by atoms with van der Waals surface area (Å²) in [6.45, 7) is 0. The average Bonchev–Trinajstić information content (AvgIpc) is 2.61. The van der Waals surface area contributed by atoms with Gasteiger partial charge in [-0.2, -0.15) is 0 Å². The predicted molar refractivity (Wildman–Crippen MR) is 74.4 cm³/mol. The lowest BCUT2D eigenvalue weighted by Crippen LogP contribution is -1.89. The third kappa shape index (κ3) is 1.60. The molecule has 0 radical (unpaired) electrons. The van der Waals surface area contributed by atoms with Gasteiger partial charge in [-0.25, -0.2) is 4.98 Å². The van der Waals surface area contributed by atoms with E-state index in [0.29, 0.717) is 9.98 Å². The molecule has 1 heterocycles. The van der Waals surface area contributed by atoms with E-state index in [1.807, 2.05) is 12.3 Å². The van der Waals surface area contributed by atoms with Crippen molar-refractivity contribution in [1.29, 1.82) is 0 Å². The fraction of sp³-hybridized carbons (Fsp3) is 0.250. The maximum Gasteiger partial charge on any atom is 0.129 e. The topological polar surface area (TPSA) is 12.9 Å². The van der Waals surface area contributed by atoms with E-state index in [0.717, 1.165) is 22.7 Å². The number of aryl methyl sites for hydroxylation is 1. The summed E-state index contributed by atoms with van der Waals surface area (Å²) in [5.41, 5.74) is 2.78. The first kappa shape index (κ1) is 11.0. The van der Waals surface area contributed by atoms with Crippen LogP contribution >= 0.6 is 43.5 Å². The van der Waals surface area contributed by atoms with Gasteiger partial charge >= 0.3 is 0 Å². The molecule has 1 atom stereocenters. The average molecular weight is 361 g/mol. The van der Waals surface area contributed by atoms with E-state index in [2.05, 4.69) is 42.9 Å². The Balaban J connectivity index is 2.41. The zero-order valence-electron chi connectivity index (χ0n) is 8.30. The lowest BCUT2D eigenvalue weighted by molar-refractivity contribution is 0.905. The Kier molecular flexibility index (Phi) is 2.73. The van der Waals surface area contributed by atoms with Crippen LogP contribution in [0.2, 0.25) is 5.15 Å². The minimum Gasteiger partial charge on any atom is -0.244 e. The summed E-state index contributed by atoms with van der Waals surface area (Å²) in [6.07, 6.45) is 4.15. The van der Waals surface area contributed by atoms with Crippen molar-refractivity contribution in [3.63, 3.8) is 0 Å². The van der Waals surface area contributed by atoms with E-state index in [1.54, 1.807) is 0 Å². The Labute approximate surface area is 115 Å². The minimum absolute atomic E-state index is 0.471. The van der Waals surface area contributed by atoms with Gasteiger partial charge in [0, 0.05) is 26.3 Å². The third-order valence-electron chi connectivity index (χ3n) is 3.07. The van der Waals surface area contributed by atoms with Gasteiger partial charge in [-0.05, 0) is 36.1 Å². The number of pyridine rings is 1. The van der Waals surface area contributed by atoms with Crippen molar-refractivity contribution in [2.24, 2.45) is 0 Å². The molecule has 1 aromatic carbocycles. The van der Waals surface area contributed by atoms with Crippen molar-refractivity contribution in [1.82, 2.24) is 4.98 Å². The second kappa shape index (κ2) is 3.97. The molecule has 4 heteroatoms. The summed E-state index contributed by atoms with van der Waals surface area (Å²) in [5, 5.41) is 2.91. The van der Waals surface area contributed by atoms with Crippen LogP contribution in [0.5, 0.6) is 0 Å². The van der Waals surface area contributed by atoms with Crippen molar-refractivity contribution < 1.29 is 0 Å². The number of alkyl halides is 1. The van der Waals surface area contributed by atoms with Crippen molar-refractivity contribution in [2.75, 3.05) is 0 Å². The highest BCUT2D eigenvalue weighted by molar-refractivity contribution is 9.10. The molecule has 0 bridgehead atoms. The van der Waals surface area contributed by atoms with Crippen LogP contribution in [0.25, 0.3) is 10.8 Å². The summed E-state index contributed by atoms with van der Waals surface area (Å²) >= 11 is 13.2. The van der Waals surface area contributed by atoms with E-state index in [1.165, 1.54) is 16.5 Å². The molecule has 0 aliphatic heterocycles. The van der Waals surface area contributed by atoms with E-state index < -0.39 is 0 Å². The number of hydrogen-bond acceptors (Lipinski definition) is 1. The smallest absolute Gasteiger partial charge is 0.129 e. The molecule has 1 aromatic heterocycles. The number of benzene rings is 1. The lowest BCUT2D eigenvalue weighted by Gasteiger charge is -2.09. The van der Waals surface area contributed by atoms with Crippen LogP contribution in [-0.2, 0) is 6.42 Å². The number of rotatable bonds is 0. The molecule has 1 aliphatic carbocycles. The van der Waals surface area contributed by atoms with Crippen molar-refractivity contribution in [3.8, 4) is 0 Å². The Morgan fingerprint density at radius 2 is 2.12 bits per heavy atom. The summed E-state index contributed by atoms with van der Waals surface area (Å²) in [4.78, 5) is 4.65. The van der Waals surface area contributed by atoms with Crippen LogP contribution in [0.15, 0.2) is 22.8 Å². The summed E-state index contributed by atoms with van der Waals surface area (Å²) in [5.74, 6) is 0. The van der Waals surface area contributed by atoms with E-state index in [4.69, 9.17) is 11.6 Å². The van der Waals surface area contributed by atoms with Gasteiger partial charge in [-0.1, -0.05) is 43.5 Å². The number of aromatic nitrogens is 1. The SMILES string of the molecule is Clc1cc2c(Br)cc3c(c2cn1)CCC3Br. The molecule has 1 aliphatic rings. The van der Waals surface area contributed by atoms with Gasteiger partial charge in [0.2, 0.25) is 0 Å². The number of fused-ring (bicyclic) bond motifs is 3. The molecule has 1 unspecified atom stereocenters. The molecule has 0 saturated heterocycles. The van der Waals surface area contributed by atoms with Crippen LogP contribution in [0.3, 0.4) is 0 Å². The van der Waals surface area contributed by atoms with E-state index in [-0.39, 0.29) is 0 Å². The quantitative estimate of drug-likeness (QED) is 0.474. The maximum absolute atomic E-state index is 5.93. The first-order chi connectivity index (χ1) is 7.66. The largest absolute Gasteiger partial charge is 0.244 e. The van der Waals surface area contributed by atoms with Crippen molar-refractivity contribution >= 4 is 54.2 Å². The molecular weight excluding hydrogens is 353 g/mol. The molecule has 0 N–H and O–H groups in total. The first-order valence-corrected chi connectivity index (χ1v) is 7.16. The third-order valence-corrected chi connectivity index (χ3v) is 4.88. The van der Waals surface area contributed by atoms with Gasteiger partial charge in [0.1, 0.15) is 5.15 Å². The molecule has 0 fully saturated rings. The fourth-order valence-electron chi connectivity index (χ4n) is 2.31. The molecule has 0 amide bonds. The predicted octanol–water partition coefficient (Wildman–Crippen LogP) is 5.03. The molecule has 3 rings (SSSR count). The van der Waals surface area contributed by atoms with Gasteiger partial charge in [-0.3, -0.25) is 0 Å². The Bertz CT molecular complexity index is 583. The number of hydrogen-bond donors (Lipinski definition) is 0. The summed E-state index contributed by atoms with van der Waals surface area (Å²) in [6, 6.07) is 4.11. The second-order valence-corrected chi connectivity index (χ2v) is 6.33. The molecule has 0 saturated carbocycles. The van der Waals surface area contributed by atoms with Gasteiger partial charge in [-0.15, -0.1) is 0 Å². The van der Waals surface area contributed by atoms with Gasteiger partial charge < -0.3 is 0 Å². The first-order valence-electron chi connectivity index (χ1n) is 5.07. The standard InChI is InChI=1S/C12H8Br2ClN/c13-10-2-1-6-7(10)3-11(14)8-4-12(15)16-5-9(6)8/h3-5,10H,1-2H2. The molecular formula is C12H8Br2ClN. The molecule has 2 aromatic rings. The van der Waals surface area contributed by atoms with Crippen LogP contribution in [0.4, 0.5) is 0 Å². The molecule has 82 valence electrons. The lowest BCUT2D eigenvalue weighted by atomic mass is 10.0. The summed E-state index contributed by atoms with van der Waals surface area (Å²) in [7, 11) is 0. The van der Waals surface area contributed by atoms with E-state index in [9.17, 15) is 0 Å². The second-order valence-electron chi connectivity index (χ2n) is 3.98. The van der Waals surface area contributed by atoms with Gasteiger partial charge in [0.05, 0.1) is 0 Å². The Morgan fingerprint density at radius 3 is 2.94 bits per heavy atom. The van der Waals surface area contributed by atoms with Gasteiger partial charge in [0.15, 0.2) is 0 Å². The summed E-state index contributed by atoms with van der Waals surface area (Å²) < 4.78 is 1.09. The zero-order valence-corrected chi connectivity index (χ0v) is 12.2. The van der Waals surface area contributed by atoms with Crippen LogP contribution in [0.1, 0.15) is 22.4 Å². The van der Waals surface area contributed by atoms with E-state index >= 15 is 0 Å². The molecule has 0 spiro atoms. The normalized spacial score (nSPS) is 19.1. The number of nitrogens with zero attached hydrogens (tertiary/aromatic N) is 1. The highest BCUT2D eigenvalue weighted by Gasteiger charge is 2.23. The van der Waals surface area contributed by atoms with Crippen LogP contribution in [0, 0.1) is 0 Å². The highest BCUT2D eigenvalue weighted by atomic mass is 79.9. The van der Waals surface area contributed by atoms with Crippen LogP contribution < -0.4 is 0 Å². The monoisotopic (exact) mass is 359 g/mol. The van der Waals surface area contributed by atoms with Crippen molar-refractivity contribution in [2.45, 2.75) is 17.7 Å². The Hall–Kier alpha value is -0.120. The molecule has 1 nitrogen and oxygen atoms in total. The minimum atomic E-state index is 0.471. The highest BCUT2D eigenvalue weighted by Crippen LogP contribution is 2.43. The van der Waals surface area contributed by atoms with Crippen LogP contribution in [-0.4, -0.2) is 4.98 Å². The van der Waals surface area contributed by atoms with Crippen molar-refractivity contribution in [3.05, 3.63) is 39.1 Å². The fourth-order valence-corrected chi connectivity index (χ4v) is 3.68. The Morgan fingerprint density at radius 1 is 1.31 bits per heavy atom. The zero-order chi connectivity index (χ0) is 11.3. The van der Waals surface area contributed by atoms with Gasteiger partial charge in [0.25, 0.3) is 0 Å². The molecule has 16 heavy (non-hydrogen) atoms. The number of halogens is 3.